The number of aromatic nitrogens is 2. The van der Waals surface area contributed by atoms with Crippen LogP contribution in [0.5, 0.6) is 5.75 Å². The summed E-state index contributed by atoms with van der Waals surface area (Å²) in [6.07, 6.45) is 1.86. The van der Waals surface area contributed by atoms with Crippen LogP contribution in [0.15, 0.2) is 42.5 Å². The third-order valence-corrected chi connectivity index (χ3v) is 6.48. The van der Waals surface area contributed by atoms with Crippen molar-refractivity contribution in [1.29, 1.82) is 5.26 Å². The number of carbonyl (C=O) groups excluding carboxylic acids is 1. The zero-order valence-corrected chi connectivity index (χ0v) is 19.8. The summed E-state index contributed by atoms with van der Waals surface area (Å²) in [6.45, 7) is 3.75. The number of nitrogens with one attached hydrogen (secondary N) is 1. The van der Waals surface area contributed by atoms with Crippen LogP contribution in [0.4, 0.5) is 10.2 Å². The Hall–Kier alpha value is -3.90. The Morgan fingerprint density at radius 1 is 1.31 bits per heavy atom. The number of anilines is 1. The van der Waals surface area contributed by atoms with Crippen LogP contribution in [-0.2, 0) is 11.3 Å². The number of methoxy groups -OCH3 is 1. The molecule has 2 heterocycles. The Labute approximate surface area is 203 Å². The van der Waals surface area contributed by atoms with Crippen LogP contribution in [0, 0.1) is 23.1 Å². The van der Waals surface area contributed by atoms with Crippen LogP contribution in [0.2, 0.25) is 0 Å². The summed E-state index contributed by atoms with van der Waals surface area (Å²) in [5.74, 6) is 0.0885. The van der Waals surface area contributed by atoms with Crippen molar-refractivity contribution < 1.29 is 18.7 Å². The van der Waals surface area contributed by atoms with E-state index in [1.54, 1.807) is 4.68 Å². The largest absolute Gasteiger partial charge is 0.496 e. The van der Waals surface area contributed by atoms with Gasteiger partial charge in [-0.2, -0.15) is 10.4 Å². The Morgan fingerprint density at radius 3 is 2.69 bits per heavy atom. The van der Waals surface area contributed by atoms with Gasteiger partial charge in [0.15, 0.2) is 0 Å². The molecule has 1 fully saturated rings. The van der Waals surface area contributed by atoms with E-state index in [2.05, 4.69) is 18.3 Å². The number of nitrogens with two attached hydrogens (primary N) is 1. The highest BCUT2D eigenvalue weighted by molar-refractivity contribution is 5.96. The minimum atomic E-state index is -0.515. The van der Waals surface area contributed by atoms with Gasteiger partial charge < -0.3 is 20.5 Å². The molecule has 0 radical (unpaired) electrons. The number of nitriles is 1. The highest BCUT2D eigenvalue weighted by Gasteiger charge is 2.27. The van der Waals surface area contributed by atoms with E-state index in [1.807, 2.05) is 24.3 Å². The van der Waals surface area contributed by atoms with Gasteiger partial charge >= 0.3 is 0 Å². The molecule has 1 unspecified atom stereocenters. The van der Waals surface area contributed by atoms with Crippen molar-refractivity contribution >= 4 is 11.7 Å². The van der Waals surface area contributed by atoms with Crippen molar-refractivity contribution in [2.45, 2.75) is 32.4 Å². The summed E-state index contributed by atoms with van der Waals surface area (Å²) in [4.78, 5) is 12.5. The maximum Gasteiger partial charge on any atom is 0.255 e. The summed E-state index contributed by atoms with van der Waals surface area (Å²) in [5.41, 5.74) is 8.92. The number of nitrogens with zero attached hydrogens (tertiary/aromatic N) is 3. The zero-order chi connectivity index (χ0) is 24.9. The molecule has 3 N–H and O–H groups in total. The molecule has 182 valence electrons. The van der Waals surface area contributed by atoms with Crippen molar-refractivity contribution in [2.75, 3.05) is 26.1 Å². The van der Waals surface area contributed by atoms with E-state index in [1.165, 1.54) is 19.2 Å². The van der Waals surface area contributed by atoms with Crippen LogP contribution in [0.3, 0.4) is 0 Å². The number of ether oxygens (including phenoxy) is 2. The predicted molar refractivity (Wildman–Crippen MR) is 129 cm³/mol. The van der Waals surface area contributed by atoms with Gasteiger partial charge in [-0.05, 0) is 49.4 Å². The first-order valence-corrected chi connectivity index (χ1v) is 11.5. The molecule has 1 aliphatic heterocycles. The van der Waals surface area contributed by atoms with Crippen LogP contribution >= 0.6 is 0 Å². The van der Waals surface area contributed by atoms with E-state index >= 15 is 0 Å². The number of hydrogen-bond donors (Lipinski definition) is 2. The predicted octanol–water partition coefficient (Wildman–Crippen LogP) is 4.07. The second-order valence-corrected chi connectivity index (χ2v) is 8.58. The molecule has 35 heavy (non-hydrogen) atoms. The fourth-order valence-corrected chi connectivity index (χ4v) is 4.38. The second-order valence-electron chi connectivity index (χ2n) is 8.58. The van der Waals surface area contributed by atoms with Crippen LogP contribution in [-0.4, -0.2) is 36.0 Å². The zero-order valence-electron chi connectivity index (χ0n) is 19.8. The lowest BCUT2D eigenvalue weighted by atomic mass is 9.93. The summed E-state index contributed by atoms with van der Waals surface area (Å²) in [7, 11) is 1.43. The molecule has 1 aromatic heterocycles. The average molecular weight is 478 g/mol. The number of nitrogen functional groups attached to an aromatic ring is 1. The minimum Gasteiger partial charge on any atom is -0.496 e. The Kier molecular flexibility index (Phi) is 7.32. The third kappa shape index (κ3) is 5.12. The third-order valence-electron chi connectivity index (χ3n) is 6.48. The van der Waals surface area contributed by atoms with Crippen molar-refractivity contribution in [2.24, 2.45) is 5.92 Å². The maximum atomic E-state index is 13.6. The number of rotatable bonds is 7. The van der Waals surface area contributed by atoms with E-state index in [-0.39, 0.29) is 18.2 Å². The summed E-state index contributed by atoms with van der Waals surface area (Å²) < 4.78 is 25.9. The minimum absolute atomic E-state index is 0.0500. The first-order chi connectivity index (χ1) is 16.9. The highest BCUT2D eigenvalue weighted by atomic mass is 19.1. The van der Waals surface area contributed by atoms with Gasteiger partial charge in [-0.3, -0.25) is 4.79 Å². The highest BCUT2D eigenvalue weighted by Crippen LogP contribution is 2.34. The van der Waals surface area contributed by atoms with Gasteiger partial charge in [-0.15, -0.1) is 0 Å². The average Bonchev–Trinajstić information content (AvgIpc) is 3.23. The SMILES string of the molecule is COc1ccc(F)cc1C(=O)NCc1ccc(-c2nn(C(C)C3CCOCC3)c(N)c2C#N)cc1. The first-order valence-electron chi connectivity index (χ1n) is 11.5. The van der Waals surface area contributed by atoms with Gasteiger partial charge in [0.05, 0.1) is 18.7 Å². The molecule has 1 aliphatic rings. The Balaban J connectivity index is 1.49. The van der Waals surface area contributed by atoms with Crippen LogP contribution in [0.1, 0.15) is 47.3 Å². The fourth-order valence-electron chi connectivity index (χ4n) is 4.38. The van der Waals surface area contributed by atoms with E-state index in [0.29, 0.717) is 28.7 Å². The Bertz CT molecular complexity index is 1240. The van der Waals surface area contributed by atoms with E-state index in [4.69, 9.17) is 20.3 Å². The van der Waals surface area contributed by atoms with Crippen molar-refractivity contribution in [3.63, 3.8) is 0 Å². The fraction of sp³-hybridized carbons (Fsp3) is 0.346. The van der Waals surface area contributed by atoms with Gasteiger partial charge in [0.1, 0.15) is 34.7 Å². The molecule has 1 saturated heterocycles. The summed E-state index contributed by atoms with van der Waals surface area (Å²) >= 11 is 0. The maximum absolute atomic E-state index is 13.6. The van der Waals surface area contributed by atoms with Crippen molar-refractivity contribution in [3.8, 4) is 23.1 Å². The Morgan fingerprint density at radius 2 is 2.03 bits per heavy atom. The number of halogens is 1. The molecule has 9 heteroatoms. The number of hydrogen-bond acceptors (Lipinski definition) is 6. The number of benzene rings is 2. The second kappa shape index (κ2) is 10.6. The number of carbonyl (C=O) groups is 1. The van der Waals surface area contributed by atoms with Gasteiger partial charge in [-0.1, -0.05) is 24.3 Å². The lowest BCUT2D eigenvalue weighted by molar-refractivity contribution is 0.0499. The normalized spacial score (nSPS) is 14.8. The van der Waals surface area contributed by atoms with Gasteiger partial charge in [0.25, 0.3) is 5.91 Å². The summed E-state index contributed by atoms with van der Waals surface area (Å²) in [6, 6.07) is 13.4. The van der Waals surface area contributed by atoms with Crippen LogP contribution < -0.4 is 15.8 Å². The van der Waals surface area contributed by atoms with Gasteiger partial charge in [0.2, 0.25) is 0 Å². The molecule has 0 bridgehead atoms. The van der Waals surface area contributed by atoms with E-state index in [0.717, 1.165) is 43.2 Å². The first kappa shape index (κ1) is 24.2. The lowest BCUT2D eigenvalue weighted by Gasteiger charge is -2.28. The smallest absolute Gasteiger partial charge is 0.255 e. The summed E-state index contributed by atoms with van der Waals surface area (Å²) in [5, 5.41) is 17.2. The molecular weight excluding hydrogens is 449 g/mol. The standard InChI is InChI=1S/C26H28FN5O3/c1-16(18-9-11-35-12-10-18)32-25(29)22(14-28)24(31-32)19-5-3-17(4-6-19)15-30-26(33)21-13-20(27)7-8-23(21)34-2/h3-8,13,16,18H,9-12,15,29H2,1-2H3,(H,30,33). The van der Waals surface area contributed by atoms with Crippen molar-refractivity contribution in [3.05, 3.63) is 65.0 Å². The molecule has 0 aliphatic carbocycles. The molecular formula is C26H28FN5O3. The van der Waals surface area contributed by atoms with E-state index in [9.17, 15) is 14.4 Å². The molecule has 1 amide bonds. The molecule has 4 rings (SSSR count). The van der Waals surface area contributed by atoms with E-state index < -0.39 is 11.7 Å². The van der Waals surface area contributed by atoms with Crippen molar-refractivity contribution in [1.82, 2.24) is 15.1 Å². The molecule has 0 saturated carbocycles. The monoisotopic (exact) mass is 477 g/mol. The topological polar surface area (TPSA) is 115 Å². The van der Waals surface area contributed by atoms with Crippen LogP contribution in [0.25, 0.3) is 11.3 Å². The quantitative estimate of drug-likeness (QED) is 0.530. The molecule has 1 atom stereocenters. The molecule has 8 nitrogen and oxygen atoms in total. The number of amides is 1. The molecule has 0 spiro atoms. The molecule has 2 aromatic carbocycles. The van der Waals surface area contributed by atoms with Gasteiger partial charge in [-0.25, -0.2) is 9.07 Å². The van der Waals surface area contributed by atoms with Gasteiger partial charge in [0, 0.05) is 25.3 Å². The lowest BCUT2D eigenvalue weighted by Crippen LogP contribution is -2.25. The molecule has 3 aromatic rings.